The van der Waals surface area contributed by atoms with Crippen LogP contribution >= 0.6 is 7.82 Å². The predicted octanol–water partition coefficient (Wildman–Crippen LogP) is 8.49. The first-order chi connectivity index (χ1) is 29.6. The van der Waals surface area contributed by atoms with Gasteiger partial charge < -0.3 is 34.8 Å². The first-order valence-electron chi connectivity index (χ1n) is 21.9. The van der Waals surface area contributed by atoms with Gasteiger partial charge in [-0.15, -0.1) is 0 Å². The topological polar surface area (TPSA) is 222 Å². The van der Waals surface area contributed by atoms with Crippen molar-refractivity contribution in [1.29, 1.82) is 0 Å². The van der Waals surface area contributed by atoms with Gasteiger partial charge in [-0.25, -0.2) is 18.5 Å². The normalized spacial score (nSPS) is 20.9. The lowest BCUT2D eigenvalue weighted by atomic mass is 9.96. The lowest BCUT2D eigenvalue weighted by molar-refractivity contribution is -0.0655. The molecule has 4 aromatic rings. The highest BCUT2D eigenvalue weighted by Crippen LogP contribution is 2.47. The Balaban J connectivity index is 1.11. The van der Waals surface area contributed by atoms with Crippen LogP contribution in [0.2, 0.25) is 0 Å². The van der Waals surface area contributed by atoms with Crippen molar-refractivity contribution in [2.45, 2.75) is 159 Å². The highest BCUT2D eigenvalue weighted by Gasteiger charge is 2.55. The summed E-state index contributed by atoms with van der Waals surface area (Å²) in [7, 11) is -3.37. The Morgan fingerprint density at radius 1 is 0.951 bits per heavy atom. The Morgan fingerprint density at radius 2 is 1.61 bits per heavy atom. The zero-order valence-electron chi connectivity index (χ0n) is 35.7. The summed E-state index contributed by atoms with van der Waals surface area (Å²) >= 11 is 0. The molecule has 1 saturated heterocycles. The van der Waals surface area contributed by atoms with Crippen molar-refractivity contribution in [3.8, 4) is 11.4 Å². The second-order valence-corrected chi connectivity index (χ2v) is 17.5. The van der Waals surface area contributed by atoms with E-state index in [0.717, 1.165) is 32.1 Å². The zero-order valence-corrected chi connectivity index (χ0v) is 36.5. The van der Waals surface area contributed by atoms with Gasteiger partial charge in [0.25, 0.3) is 0 Å². The van der Waals surface area contributed by atoms with Crippen LogP contribution in [-0.4, -0.2) is 90.2 Å². The number of aliphatic hydroxyl groups is 2. The Morgan fingerprint density at radius 3 is 2.23 bits per heavy atom. The largest absolute Gasteiger partial charge is 0.472 e. The summed E-state index contributed by atoms with van der Waals surface area (Å²) in [5.74, 6) is -0.0794. The number of phosphoric acid groups is 1. The zero-order chi connectivity index (χ0) is 43.5. The SMILES string of the molecule is CCCCCCCCCCCCCCCCCCC[C@H](COP(=O)(O)OC[C@@]1(/C=N\C)O[C@@H](c2ccc3c(N)ncnn23)[C@H](O)[C@@H]1O)OCc1cc(F)cc(-c2ncon2)c1. The number of aliphatic hydroxyl groups excluding tert-OH is 2. The number of rotatable bonds is 30. The Kier molecular flexibility index (Phi) is 19.7. The molecule has 0 saturated carbocycles. The van der Waals surface area contributed by atoms with Gasteiger partial charge >= 0.3 is 7.82 Å². The monoisotopic (exact) mass is 873 g/mol. The smallest absolute Gasteiger partial charge is 0.387 e. The van der Waals surface area contributed by atoms with Crippen molar-refractivity contribution in [2.24, 2.45) is 4.99 Å². The molecular weight excluding hydrogens is 808 g/mol. The highest BCUT2D eigenvalue weighted by atomic mass is 31.2. The number of hydrogen-bond donors (Lipinski definition) is 4. The second-order valence-electron chi connectivity index (χ2n) is 16.0. The van der Waals surface area contributed by atoms with E-state index in [2.05, 4.69) is 32.1 Å². The van der Waals surface area contributed by atoms with Gasteiger partial charge in [0.15, 0.2) is 11.4 Å². The third kappa shape index (κ3) is 14.7. The summed E-state index contributed by atoms with van der Waals surface area (Å²) in [6, 6.07) is 7.58. The third-order valence-electron chi connectivity index (χ3n) is 11.2. The molecule has 5 rings (SSSR count). The molecule has 4 heterocycles. The van der Waals surface area contributed by atoms with Crippen molar-refractivity contribution in [1.82, 2.24) is 24.7 Å². The van der Waals surface area contributed by atoms with Gasteiger partial charge in [0.1, 0.15) is 36.0 Å². The van der Waals surface area contributed by atoms with Gasteiger partial charge in [-0.2, -0.15) is 10.1 Å². The fourth-order valence-corrected chi connectivity index (χ4v) is 8.61. The van der Waals surface area contributed by atoms with E-state index in [-0.39, 0.29) is 24.9 Å². The number of nitrogens with zero attached hydrogens (tertiary/aromatic N) is 6. The molecule has 5 N–H and O–H groups in total. The molecule has 16 nitrogen and oxygen atoms in total. The van der Waals surface area contributed by atoms with Crippen LogP contribution in [0.5, 0.6) is 0 Å². The number of benzene rings is 1. The number of halogens is 1. The quantitative estimate of drug-likeness (QED) is 0.0219. The molecule has 0 amide bonds. The van der Waals surface area contributed by atoms with E-state index < -0.39 is 50.3 Å². The number of ether oxygens (including phenoxy) is 2. The summed E-state index contributed by atoms with van der Waals surface area (Å²) in [5, 5.41) is 30.3. The Bertz CT molecular complexity index is 1950. The standard InChI is InChI=1S/C43H65FN7O9P/c1-3-4-5-6-7-8-9-10-11-12-13-14-15-16-17-18-19-20-35(56-26-32-23-33(25-34(44)24-32)42-48-31-57-50-42)27-58-61(54,55)59-29-43(28-46-2)40(53)38(52)39(60-43)36-21-22-37-41(45)47-30-49-51(36)37/h21-25,28,30-31,35,38-40,52-53H,3-20,26-27,29H2,1-2H3,(H,54,55)(H2,45,47,49)/b46-28-/t35-,38+,39+,40+,43-/m1/s1. The van der Waals surface area contributed by atoms with E-state index >= 15 is 0 Å². The fourth-order valence-electron chi connectivity index (χ4n) is 7.82. The molecule has 1 unspecified atom stereocenters. The predicted molar refractivity (Wildman–Crippen MR) is 229 cm³/mol. The van der Waals surface area contributed by atoms with E-state index in [4.69, 9.17) is 28.8 Å². The van der Waals surface area contributed by atoms with Crippen molar-refractivity contribution in [2.75, 3.05) is 26.0 Å². The number of hydrogen-bond acceptors (Lipinski definition) is 14. The number of aromatic nitrogens is 5. The molecule has 0 aliphatic carbocycles. The maximum Gasteiger partial charge on any atom is 0.472 e. The Hall–Kier alpha value is -3.67. The molecule has 0 radical (unpaired) electrons. The maximum atomic E-state index is 14.6. The molecule has 0 bridgehead atoms. The first kappa shape index (κ1) is 48.4. The van der Waals surface area contributed by atoms with Crippen LogP contribution in [0.3, 0.4) is 0 Å². The summed E-state index contributed by atoms with van der Waals surface area (Å²) in [5.41, 5.74) is 5.88. The number of anilines is 1. The number of unbranched alkanes of at least 4 members (excludes halogenated alkanes) is 16. The number of nitrogens with two attached hydrogens (primary N) is 1. The van der Waals surface area contributed by atoms with E-state index in [1.807, 2.05) is 0 Å². The molecule has 1 fully saturated rings. The van der Waals surface area contributed by atoms with Crippen molar-refractivity contribution >= 4 is 25.4 Å². The molecule has 6 atom stereocenters. The number of phosphoric ester groups is 1. The van der Waals surface area contributed by atoms with E-state index in [0.29, 0.717) is 28.8 Å². The van der Waals surface area contributed by atoms with Gasteiger partial charge in [-0.3, -0.25) is 14.0 Å². The summed E-state index contributed by atoms with van der Waals surface area (Å²) < 4.78 is 57.4. The number of aliphatic imine (C=N–C) groups is 1. The number of nitrogen functional groups attached to an aromatic ring is 1. The minimum absolute atomic E-state index is 0.0213. The summed E-state index contributed by atoms with van der Waals surface area (Å²) in [6.07, 6.45) is 20.3. The van der Waals surface area contributed by atoms with Crippen LogP contribution in [0, 0.1) is 5.82 Å². The van der Waals surface area contributed by atoms with Crippen molar-refractivity contribution in [3.05, 3.63) is 60.1 Å². The molecule has 0 spiro atoms. The lowest BCUT2D eigenvalue weighted by Crippen LogP contribution is -2.48. The minimum atomic E-state index is -4.80. The molecule has 18 heteroatoms. The van der Waals surface area contributed by atoms with Crippen LogP contribution in [-0.2, 0) is 29.7 Å². The average Bonchev–Trinajstić information content (AvgIpc) is 4.00. The Labute approximate surface area is 358 Å². The van der Waals surface area contributed by atoms with Crippen LogP contribution < -0.4 is 5.73 Å². The fraction of sp³-hybridized carbons (Fsp3) is 0.651. The van der Waals surface area contributed by atoms with Gasteiger partial charge in [-0.05, 0) is 42.3 Å². The molecule has 1 aliphatic heterocycles. The number of fused-ring (bicyclic) bond motifs is 1. The molecule has 61 heavy (non-hydrogen) atoms. The molecule has 3 aromatic heterocycles. The van der Waals surface area contributed by atoms with Crippen LogP contribution in [0.1, 0.15) is 140 Å². The maximum absolute atomic E-state index is 14.6. The highest BCUT2D eigenvalue weighted by molar-refractivity contribution is 7.47. The van der Waals surface area contributed by atoms with Gasteiger partial charge in [0.05, 0.1) is 31.6 Å². The molecule has 338 valence electrons. The lowest BCUT2D eigenvalue weighted by Gasteiger charge is -2.28. The van der Waals surface area contributed by atoms with E-state index in [1.165, 1.54) is 120 Å². The van der Waals surface area contributed by atoms with Crippen molar-refractivity contribution < 1.29 is 47.1 Å². The minimum Gasteiger partial charge on any atom is -0.387 e. The van der Waals surface area contributed by atoms with E-state index in [9.17, 15) is 24.1 Å². The van der Waals surface area contributed by atoms with Crippen molar-refractivity contribution in [3.63, 3.8) is 0 Å². The second kappa shape index (κ2) is 24.8. The van der Waals surface area contributed by atoms with Gasteiger partial charge in [0.2, 0.25) is 12.2 Å². The first-order valence-corrected chi connectivity index (χ1v) is 23.4. The van der Waals surface area contributed by atoms with Crippen LogP contribution in [0.15, 0.2) is 52.6 Å². The summed E-state index contributed by atoms with van der Waals surface area (Å²) in [4.78, 5) is 22.8. The average molecular weight is 874 g/mol. The third-order valence-corrected chi connectivity index (χ3v) is 12.1. The van der Waals surface area contributed by atoms with Gasteiger partial charge in [-0.1, -0.05) is 121 Å². The van der Waals surface area contributed by atoms with Crippen LogP contribution in [0.25, 0.3) is 16.9 Å². The van der Waals surface area contributed by atoms with Gasteiger partial charge in [0, 0.05) is 18.8 Å². The van der Waals surface area contributed by atoms with Crippen LogP contribution in [0.4, 0.5) is 10.2 Å². The molecule has 1 aromatic carbocycles. The van der Waals surface area contributed by atoms with E-state index in [1.54, 1.807) is 18.2 Å². The summed E-state index contributed by atoms with van der Waals surface area (Å²) in [6.45, 7) is 1.22. The molecule has 1 aliphatic rings. The molecular formula is C43H65FN7O9P.